The Morgan fingerprint density at radius 2 is 2.07 bits per heavy atom. The SMILES string of the molecule is COc1cc(NC(=O)Cc2ccc(-c3cncc(C#N)n3)nc2)ncc1Cl. The number of rotatable bonds is 5. The number of anilines is 1. The van der Waals surface area contributed by atoms with Crippen molar-refractivity contribution in [2.75, 3.05) is 12.4 Å². The molecule has 1 N–H and O–H groups in total. The Bertz CT molecular complexity index is 1020. The molecule has 3 rings (SSSR count). The van der Waals surface area contributed by atoms with Crippen LogP contribution in [0.1, 0.15) is 11.3 Å². The number of carbonyl (C=O) groups excluding carboxylic acids is 1. The molecule has 134 valence electrons. The summed E-state index contributed by atoms with van der Waals surface area (Å²) in [6, 6.07) is 6.96. The van der Waals surface area contributed by atoms with Crippen molar-refractivity contribution in [2.45, 2.75) is 6.42 Å². The molecule has 3 heterocycles. The molecule has 0 saturated heterocycles. The van der Waals surface area contributed by atoms with E-state index in [-0.39, 0.29) is 18.0 Å². The lowest BCUT2D eigenvalue weighted by Gasteiger charge is -2.08. The van der Waals surface area contributed by atoms with E-state index in [0.29, 0.717) is 33.5 Å². The van der Waals surface area contributed by atoms with E-state index < -0.39 is 0 Å². The van der Waals surface area contributed by atoms with Crippen LogP contribution in [-0.4, -0.2) is 33.0 Å². The number of methoxy groups -OCH3 is 1. The van der Waals surface area contributed by atoms with E-state index in [1.165, 1.54) is 25.7 Å². The van der Waals surface area contributed by atoms with Gasteiger partial charge in [0.2, 0.25) is 5.91 Å². The van der Waals surface area contributed by atoms with E-state index in [9.17, 15) is 4.79 Å². The van der Waals surface area contributed by atoms with Crippen LogP contribution in [-0.2, 0) is 11.2 Å². The number of aromatic nitrogens is 4. The minimum absolute atomic E-state index is 0.115. The van der Waals surface area contributed by atoms with Gasteiger partial charge in [0.25, 0.3) is 0 Å². The normalized spacial score (nSPS) is 10.1. The van der Waals surface area contributed by atoms with Gasteiger partial charge in [-0.2, -0.15) is 5.26 Å². The minimum atomic E-state index is -0.257. The molecule has 9 heteroatoms. The predicted octanol–water partition coefficient (Wildman–Crippen LogP) is 2.65. The quantitative estimate of drug-likeness (QED) is 0.723. The first-order valence-corrected chi connectivity index (χ1v) is 8.13. The van der Waals surface area contributed by atoms with Crippen molar-refractivity contribution >= 4 is 23.3 Å². The second-order valence-electron chi connectivity index (χ2n) is 5.38. The molecule has 27 heavy (non-hydrogen) atoms. The van der Waals surface area contributed by atoms with Crippen molar-refractivity contribution in [3.05, 3.63) is 59.3 Å². The van der Waals surface area contributed by atoms with Crippen LogP contribution in [0.4, 0.5) is 5.82 Å². The summed E-state index contributed by atoms with van der Waals surface area (Å²) >= 11 is 5.91. The molecule has 0 spiro atoms. The van der Waals surface area contributed by atoms with Crippen LogP contribution in [0.2, 0.25) is 5.02 Å². The lowest BCUT2D eigenvalue weighted by atomic mass is 10.1. The summed E-state index contributed by atoms with van der Waals surface area (Å²) in [5.74, 6) is 0.510. The molecule has 0 atom stereocenters. The van der Waals surface area contributed by atoms with Crippen molar-refractivity contribution in [1.29, 1.82) is 5.26 Å². The third-order valence-corrected chi connectivity index (χ3v) is 3.79. The van der Waals surface area contributed by atoms with Crippen molar-refractivity contribution in [1.82, 2.24) is 19.9 Å². The van der Waals surface area contributed by atoms with E-state index in [1.807, 2.05) is 6.07 Å². The molecule has 0 aromatic carbocycles. The zero-order valence-electron chi connectivity index (χ0n) is 14.2. The summed E-state index contributed by atoms with van der Waals surface area (Å²) < 4.78 is 5.09. The Kier molecular flexibility index (Phi) is 5.54. The molecule has 0 radical (unpaired) electrons. The van der Waals surface area contributed by atoms with Gasteiger partial charge >= 0.3 is 0 Å². The molecule has 8 nitrogen and oxygen atoms in total. The number of nitrogens with zero attached hydrogens (tertiary/aromatic N) is 5. The molecule has 3 aromatic rings. The highest BCUT2D eigenvalue weighted by Gasteiger charge is 2.09. The number of nitrogens with one attached hydrogen (secondary N) is 1. The van der Waals surface area contributed by atoms with E-state index in [4.69, 9.17) is 21.6 Å². The van der Waals surface area contributed by atoms with Gasteiger partial charge in [-0.15, -0.1) is 0 Å². The van der Waals surface area contributed by atoms with Crippen LogP contribution < -0.4 is 10.1 Å². The second kappa shape index (κ2) is 8.21. The van der Waals surface area contributed by atoms with E-state index in [1.54, 1.807) is 24.4 Å². The number of pyridine rings is 2. The first-order chi connectivity index (χ1) is 13.1. The van der Waals surface area contributed by atoms with Gasteiger partial charge in [0.15, 0.2) is 5.69 Å². The predicted molar refractivity (Wildman–Crippen MR) is 98.1 cm³/mol. The van der Waals surface area contributed by atoms with Gasteiger partial charge in [-0.25, -0.2) is 9.97 Å². The fourth-order valence-electron chi connectivity index (χ4n) is 2.24. The van der Waals surface area contributed by atoms with Gasteiger partial charge in [-0.1, -0.05) is 17.7 Å². The molecular formula is C18H13ClN6O2. The molecular weight excluding hydrogens is 368 g/mol. The van der Waals surface area contributed by atoms with E-state index in [2.05, 4.69) is 25.3 Å². The first-order valence-electron chi connectivity index (χ1n) is 7.76. The lowest BCUT2D eigenvalue weighted by Crippen LogP contribution is -2.15. The maximum absolute atomic E-state index is 12.2. The number of hydrogen-bond donors (Lipinski definition) is 1. The van der Waals surface area contributed by atoms with E-state index >= 15 is 0 Å². The van der Waals surface area contributed by atoms with E-state index in [0.717, 1.165) is 0 Å². The van der Waals surface area contributed by atoms with Crippen molar-refractivity contribution < 1.29 is 9.53 Å². The van der Waals surface area contributed by atoms with Crippen molar-refractivity contribution in [3.8, 4) is 23.2 Å². The number of halogens is 1. The van der Waals surface area contributed by atoms with Crippen LogP contribution in [0.25, 0.3) is 11.4 Å². The Balaban J connectivity index is 1.67. The number of ether oxygens (including phenoxy) is 1. The molecule has 0 bridgehead atoms. The van der Waals surface area contributed by atoms with Gasteiger partial charge in [0.05, 0.1) is 37.8 Å². The van der Waals surface area contributed by atoms with Crippen LogP contribution in [0.5, 0.6) is 5.75 Å². The summed E-state index contributed by atoms with van der Waals surface area (Å²) in [5, 5.41) is 11.9. The summed E-state index contributed by atoms with van der Waals surface area (Å²) in [6.45, 7) is 0. The van der Waals surface area contributed by atoms with Crippen LogP contribution in [0.3, 0.4) is 0 Å². The second-order valence-corrected chi connectivity index (χ2v) is 5.79. The average Bonchev–Trinajstić information content (AvgIpc) is 2.70. The number of nitriles is 1. The molecule has 1 amide bonds. The van der Waals surface area contributed by atoms with Crippen LogP contribution in [0, 0.1) is 11.3 Å². The summed E-state index contributed by atoms with van der Waals surface area (Å²) in [4.78, 5) is 28.6. The summed E-state index contributed by atoms with van der Waals surface area (Å²) in [7, 11) is 1.48. The fraction of sp³-hybridized carbons (Fsp3) is 0.111. The first kappa shape index (κ1) is 18.2. The van der Waals surface area contributed by atoms with Crippen LogP contribution in [0.15, 0.2) is 43.0 Å². The van der Waals surface area contributed by atoms with Gasteiger partial charge in [0, 0.05) is 12.3 Å². The standard InChI is InChI=1S/C18H13ClN6O2/c1-27-16-5-17(23-9-13(16)19)25-18(26)4-11-2-3-14(22-7-11)15-10-21-8-12(6-20)24-15/h2-3,5,7-10H,4H2,1H3,(H,23,25,26). The molecule has 0 aliphatic carbocycles. The van der Waals surface area contributed by atoms with Gasteiger partial charge in [0.1, 0.15) is 28.4 Å². The van der Waals surface area contributed by atoms with Gasteiger partial charge in [-0.05, 0) is 11.6 Å². The highest BCUT2D eigenvalue weighted by molar-refractivity contribution is 6.32. The summed E-state index contributed by atoms with van der Waals surface area (Å²) in [5.41, 5.74) is 1.97. The molecule has 0 saturated carbocycles. The third kappa shape index (κ3) is 4.54. The Morgan fingerprint density at radius 3 is 2.78 bits per heavy atom. The molecule has 3 aromatic heterocycles. The number of carbonyl (C=O) groups is 1. The highest BCUT2D eigenvalue weighted by atomic mass is 35.5. The zero-order valence-corrected chi connectivity index (χ0v) is 14.9. The fourth-order valence-corrected chi connectivity index (χ4v) is 2.42. The average molecular weight is 381 g/mol. The third-order valence-electron chi connectivity index (χ3n) is 3.51. The largest absolute Gasteiger partial charge is 0.495 e. The smallest absolute Gasteiger partial charge is 0.230 e. The van der Waals surface area contributed by atoms with Crippen molar-refractivity contribution in [3.63, 3.8) is 0 Å². The molecule has 0 unspecified atom stereocenters. The Labute approximate surface area is 159 Å². The monoisotopic (exact) mass is 380 g/mol. The maximum Gasteiger partial charge on any atom is 0.230 e. The lowest BCUT2D eigenvalue weighted by molar-refractivity contribution is -0.115. The van der Waals surface area contributed by atoms with Crippen LogP contribution >= 0.6 is 11.6 Å². The highest BCUT2D eigenvalue weighted by Crippen LogP contribution is 2.25. The number of amides is 1. The molecule has 0 aliphatic heterocycles. The zero-order chi connectivity index (χ0) is 19.2. The van der Waals surface area contributed by atoms with Gasteiger partial charge in [-0.3, -0.25) is 14.8 Å². The van der Waals surface area contributed by atoms with Crippen molar-refractivity contribution in [2.24, 2.45) is 0 Å². The summed E-state index contributed by atoms with van der Waals surface area (Å²) in [6.07, 6.45) is 6.00. The number of hydrogen-bond acceptors (Lipinski definition) is 7. The van der Waals surface area contributed by atoms with Gasteiger partial charge < -0.3 is 10.1 Å². The Hall–Kier alpha value is -3.57. The molecule has 0 fully saturated rings. The molecule has 0 aliphatic rings. The minimum Gasteiger partial charge on any atom is -0.495 e. The maximum atomic E-state index is 12.2. The Morgan fingerprint density at radius 1 is 1.22 bits per heavy atom. The topological polar surface area (TPSA) is 114 Å².